The summed E-state index contributed by atoms with van der Waals surface area (Å²) in [5.41, 5.74) is 0. The van der Waals surface area contributed by atoms with Crippen LogP contribution in [-0.2, 0) is 16.1 Å². The molecule has 0 N–H and O–H groups in total. The van der Waals surface area contributed by atoms with Crippen molar-refractivity contribution in [1.82, 2.24) is 4.90 Å². The molecule has 0 radical (unpaired) electrons. The van der Waals surface area contributed by atoms with Crippen LogP contribution in [0.25, 0.3) is 0 Å². The van der Waals surface area contributed by atoms with E-state index >= 15 is 0 Å². The molecule has 72 valence electrons. The van der Waals surface area contributed by atoms with Crippen LogP contribution >= 0.6 is 0 Å². The summed E-state index contributed by atoms with van der Waals surface area (Å²) in [6.07, 6.45) is 1.59. The lowest BCUT2D eigenvalue weighted by Gasteiger charge is -2.14. The highest BCUT2D eigenvalue weighted by molar-refractivity contribution is 5.77. The van der Waals surface area contributed by atoms with Crippen LogP contribution in [0.1, 0.15) is 5.76 Å². The van der Waals surface area contributed by atoms with Crippen molar-refractivity contribution >= 4 is 5.91 Å². The Labute approximate surface area is 77.1 Å². The number of rotatable bonds is 4. The minimum Gasteiger partial charge on any atom is -0.467 e. The fourth-order valence-corrected chi connectivity index (χ4v) is 0.958. The molecule has 0 aromatic carbocycles. The van der Waals surface area contributed by atoms with Crippen LogP contribution in [0, 0.1) is 0 Å². The summed E-state index contributed by atoms with van der Waals surface area (Å²) in [5, 5.41) is 0. The van der Waals surface area contributed by atoms with Crippen LogP contribution in [-0.4, -0.2) is 31.6 Å². The van der Waals surface area contributed by atoms with Crippen LogP contribution < -0.4 is 0 Å². The molecular formula is C9H13NO3. The Morgan fingerprint density at radius 1 is 1.69 bits per heavy atom. The van der Waals surface area contributed by atoms with Gasteiger partial charge in [-0.2, -0.15) is 0 Å². The second kappa shape index (κ2) is 4.67. The molecule has 0 saturated carbocycles. The topological polar surface area (TPSA) is 42.7 Å². The number of likely N-dealkylation sites (N-methyl/N-ethyl adjacent to an activating group) is 1. The van der Waals surface area contributed by atoms with E-state index in [1.165, 1.54) is 7.11 Å². The summed E-state index contributed by atoms with van der Waals surface area (Å²) in [5.74, 6) is 0.714. The maximum Gasteiger partial charge on any atom is 0.248 e. The Morgan fingerprint density at radius 2 is 2.46 bits per heavy atom. The van der Waals surface area contributed by atoms with E-state index in [0.29, 0.717) is 6.54 Å². The van der Waals surface area contributed by atoms with Crippen molar-refractivity contribution in [2.45, 2.75) is 6.54 Å². The lowest BCUT2D eigenvalue weighted by molar-refractivity contribution is -0.134. The number of hydrogen-bond donors (Lipinski definition) is 0. The largest absolute Gasteiger partial charge is 0.467 e. The van der Waals surface area contributed by atoms with Crippen LogP contribution in [0.4, 0.5) is 0 Å². The molecule has 1 rings (SSSR count). The van der Waals surface area contributed by atoms with Gasteiger partial charge in [0.1, 0.15) is 12.4 Å². The molecule has 4 nitrogen and oxygen atoms in total. The molecule has 1 heterocycles. The summed E-state index contributed by atoms with van der Waals surface area (Å²) in [7, 11) is 3.21. The number of methoxy groups -OCH3 is 1. The summed E-state index contributed by atoms with van der Waals surface area (Å²) < 4.78 is 9.82. The van der Waals surface area contributed by atoms with Gasteiger partial charge in [-0.25, -0.2) is 0 Å². The minimum absolute atomic E-state index is 0.0566. The van der Waals surface area contributed by atoms with Crippen molar-refractivity contribution in [3.05, 3.63) is 24.2 Å². The van der Waals surface area contributed by atoms with Crippen molar-refractivity contribution in [2.24, 2.45) is 0 Å². The summed E-state index contributed by atoms with van der Waals surface area (Å²) >= 11 is 0. The lowest BCUT2D eigenvalue weighted by atomic mass is 10.4. The first kappa shape index (κ1) is 9.80. The molecule has 0 unspecified atom stereocenters. The highest BCUT2D eigenvalue weighted by Crippen LogP contribution is 2.03. The summed E-state index contributed by atoms with van der Waals surface area (Å²) in [6.45, 7) is 0.590. The average molecular weight is 183 g/mol. The molecule has 4 heteroatoms. The van der Waals surface area contributed by atoms with Crippen molar-refractivity contribution in [2.75, 3.05) is 20.8 Å². The standard InChI is InChI=1S/C9H13NO3/c1-10(9(11)7-12-2)6-8-4-3-5-13-8/h3-5H,6-7H2,1-2H3. The fraction of sp³-hybridized carbons (Fsp3) is 0.444. The molecule has 1 aromatic heterocycles. The van der Waals surface area contributed by atoms with Gasteiger partial charge in [-0.3, -0.25) is 4.79 Å². The third-order valence-corrected chi connectivity index (χ3v) is 1.67. The first-order valence-electron chi connectivity index (χ1n) is 3.99. The molecule has 0 saturated heterocycles. The van der Waals surface area contributed by atoms with Gasteiger partial charge in [0, 0.05) is 14.2 Å². The van der Waals surface area contributed by atoms with Crippen LogP contribution in [0.2, 0.25) is 0 Å². The predicted molar refractivity (Wildman–Crippen MR) is 47.1 cm³/mol. The van der Waals surface area contributed by atoms with Gasteiger partial charge in [-0.15, -0.1) is 0 Å². The molecule has 13 heavy (non-hydrogen) atoms. The number of furan rings is 1. The van der Waals surface area contributed by atoms with E-state index in [2.05, 4.69) is 0 Å². The first-order valence-corrected chi connectivity index (χ1v) is 3.99. The van der Waals surface area contributed by atoms with Crippen LogP contribution in [0.5, 0.6) is 0 Å². The van der Waals surface area contributed by atoms with E-state index in [-0.39, 0.29) is 12.5 Å². The number of nitrogens with zero attached hydrogens (tertiary/aromatic N) is 1. The van der Waals surface area contributed by atoms with Gasteiger partial charge in [0.15, 0.2) is 0 Å². The summed E-state index contributed by atoms with van der Waals surface area (Å²) in [4.78, 5) is 12.8. The van der Waals surface area contributed by atoms with Gasteiger partial charge in [-0.05, 0) is 12.1 Å². The Morgan fingerprint density at radius 3 is 3.00 bits per heavy atom. The number of carbonyl (C=O) groups is 1. The molecule has 0 spiro atoms. The fourth-order valence-electron chi connectivity index (χ4n) is 0.958. The minimum atomic E-state index is -0.0566. The van der Waals surface area contributed by atoms with Crippen LogP contribution in [0.15, 0.2) is 22.8 Å². The maximum atomic E-state index is 11.2. The van der Waals surface area contributed by atoms with Crippen molar-refractivity contribution in [1.29, 1.82) is 0 Å². The Bertz CT molecular complexity index is 256. The van der Waals surface area contributed by atoms with Gasteiger partial charge in [-0.1, -0.05) is 0 Å². The lowest BCUT2D eigenvalue weighted by Crippen LogP contribution is -2.29. The maximum absolute atomic E-state index is 11.2. The van der Waals surface area contributed by atoms with E-state index < -0.39 is 0 Å². The quantitative estimate of drug-likeness (QED) is 0.696. The molecule has 0 bridgehead atoms. The van der Waals surface area contributed by atoms with Crippen LogP contribution in [0.3, 0.4) is 0 Å². The van der Waals surface area contributed by atoms with Gasteiger partial charge in [0.05, 0.1) is 12.8 Å². The highest BCUT2D eigenvalue weighted by Gasteiger charge is 2.09. The molecule has 1 amide bonds. The second-order valence-corrected chi connectivity index (χ2v) is 2.76. The SMILES string of the molecule is COCC(=O)N(C)Cc1ccco1. The van der Waals surface area contributed by atoms with Gasteiger partial charge in [0.2, 0.25) is 5.91 Å². The predicted octanol–water partition coefficient (Wildman–Crippen LogP) is 0.884. The van der Waals surface area contributed by atoms with Gasteiger partial charge >= 0.3 is 0 Å². The Hall–Kier alpha value is -1.29. The molecule has 0 atom stereocenters. The Kier molecular flexibility index (Phi) is 3.52. The molecule has 0 fully saturated rings. The number of ether oxygens (including phenoxy) is 1. The van der Waals surface area contributed by atoms with Gasteiger partial charge < -0.3 is 14.1 Å². The molecule has 0 aliphatic heterocycles. The second-order valence-electron chi connectivity index (χ2n) is 2.76. The molecular weight excluding hydrogens is 170 g/mol. The van der Waals surface area contributed by atoms with E-state index in [1.54, 1.807) is 24.3 Å². The number of hydrogen-bond acceptors (Lipinski definition) is 3. The normalized spacial score (nSPS) is 10.0. The molecule has 1 aromatic rings. The monoisotopic (exact) mass is 183 g/mol. The number of amides is 1. The molecule has 0 aliphatic rings. The van der Waals surface area contributed by atoms with E-state index in [0.717, 1.165) is 5.76 Å². The zero-order valence-electron chi connectivity index (χ0n) is 7.82. The average Bonchev–Trinajstić information content (AvgIpc) is 2.57. The van der Waals surface area contributed by atoms with E-state index in [4.69, 9.17) is 9.15 Å². The number of carbonyl (C=O) groups excluding carboxylic acids is 1. The first-order chi connectivity index (χ1) is 6.24. The van der Waals surface area contributed by atoms with E-state index in [9.17, 15) is 4.79 Å². The third kappa shape index (κ3) is 2.91. The van der Waals surface area contributed by atoms with Crippen molar-refractivity contribution in [3.63, 3.8) is 0 Å². The zero-order valence-corrected chi connectivity index (χ0v) is 7.82. The smallest absolute Gasteiger partial charge is 0.248 e. The van der Waals surface area contributed by atoms with E-state index in [1.807, 2.05) is 6.07 Å². The van der Waals surface area contributed by atoms with Crippen molar-refractivity contribution in [3.8, 4) is 0 Å². The molecule has 0 aliphatic carbocycles. The Balaban J connectivity index is 2.41. The summed E-state index contributed by atoms with van der Waals surface area (Å²) in [6, 6.07) is 3.63. The van der Waals surface area contributed by atoms with Crippen molar-refractivity contribution < 1.29 is 13.9 Å². The zero-order chi connectivity index (χ0) is 9.68. The van der Waals surface area contributed by atoms with Gasteiger partial charge in [0.25, 0.3) is 0 Å². The highest BCUT2D eigenvalue weighted by atomic mass is 16.5. The third-order valence-electron chi connectivity index (χ3n) is 1.67.